The minimum absolute atomic E-state index is 0.0614. The summed E-state index contributed by atoms with van der Waals surface area (Å²) in [5, 5.41) is 4.27. The van der Waals surface area contributed by atoms with Crippen LogP contribution in [0, 0.1) is 6.92 Å². The SMILES string of the molecule is COc1ccc(CN(C[C@@H]2CCCO2)C(=O)c2cnc3ccnn3c2C)cc1. The first-order valence-electron chi connectivity index (χ1n) is 9.49. The molecular formula is C21H24N4O3. The molecule has 1 saturated heterocycles. The standard InChI is InChI=1S/C21H24N4O3/c1-15-19(12-22-20-9-10-23-25(15)20)21(26)24(14-18-4-3-11-28-18)13-16-5-7-17(27-2)8-6-16/h5-10,12,18H,3-4,11,13-14H2,1-2H3/t18-/m0/s1. The number of amides is 1. The number of hydrogen-bond acceptors (Lipinski definition) is 5. The molecule has 0 saturated carbocycles. The second-order valence-electron chi connectivity index (χ2n) is 7.03. The van der Waals surface area contributed by atoms with E-state index >= 15 is 0 Å². The van der Waals surface area contributed by atoms with E-state index in [-0.39, 0.29) is 12.0 Å². The molecule has 1 atom stereocenters. The number of fused-ring (bicyclic) bond motifs is 1. The lowest BCUT2D eigenvalue weighted by Crippen LogP contribution is -2.37. The zero-order valence-electron chi connectivity index (χ0n) is 16.2. The van der Waals surface area contributed by atoms with Crippen LogP contribution in [0.1, 0.15) is 34.5 Å². The van der Waals surface area contributed by atoms with E-state index in [0.717, 1.165) is 42.1 Å². The zero-order valence-corrected chi connectivity index (χ0v) is 16.2. The molecule has 0 spiro atoms. The Kier molecular flexibility index (Phi) is 5.25. The van der Waals surface area contributed by atoms with Crippen molar-refractivity contribution in [3.8, 4) is 5.75 Å². The lowest BCUT2D eigenvalue weighted by atomic mass is 10.1. The van der Waals surface area contributed by atoms with Crippen LogP contribution in [0.4, 0.5) is 0 Å². The predicted octanol–water partition coefficient (Wildman–Crippen LogP) is 2.87. The molecule has 1 aliphatic heterocycles. The van der Waals surface area contributed by atoms with Crippen molar-refractivity contribution in [1.82, 2.24) is 19.5 Å². The number of rotatable bonds is 6. The molecule has 0 bridgehead atoms. The molecule has 0 radical (unpaired) electrons. The second kappa shape index (κ2) is 7.98. The molecule has 146 valence electrons. The maximum absolute atomic E-state index is 13.4. The number of carbonyl (C=O) groups excluding carboxylic acids is 1. The zero-order chi connectivity index (χ0) is 19.5. The van der Waals surface area contributed by atoms with Gasteiger partial charge in [0, 0.05) is 32.0 Å². The van der Waals surface area contributed by atoms with Gasteiger partial charge in [-0.25, -0.2) is 9.50 Å². The van der Waals surface area contributed by atoms with Crippen LogP contribution in [0.2, 0.25) is 0 Å². The van der Waals surface area contributed by atoms with Crippen LogP contribution in [0.25, 0.3) is 5.65 Å². The molecule has 1 amide bonds. The maximum Gasteiger partial charge on any atom is 0.257 e. The van der Waals surface area contributed by atoms with Crippen molar-refractivity contribution in [2.45, 2.75) is 32.4 Å². The van der Waals surface area contributed by atoms with E-state index in [4.69, 9.17) is 9.47 Å². The number of carbonyl (C=O) groups is 1. The van der Waals surface area contributed by atoms with E-state index in [2.05, 4.69) is 10.1 Å². The van der Waals surface area contributed by atoms with E-state index in [0.29, 0.717) is 18.7 Å². The summed E-state index contributed by atoms with van der Waals surface area (Å²) in [6.07, 6.45) is 5.41. The van der Waals surface area contributed by atoms with Crippen molar-refractivity contribution in [1.29, 1.82) is 0 Å². The summed E-state index contributed by atoms with van der Waals surface area (Å²) >= 11 is 0. The number of aromatic nitrogens is 3. The topological polar surface area (TPSA) is 69.0 Å². The largest absolute Gasteiger partial charge is 0.497 e. The van der Waals surface area contributed by atoms with Gasteiger partial charge in [0.25, 0.3) is 5.91 Å². The highest BCUT2D eigenvalue weighted by atomic mass is 16.5. The quantitative estimate of drug-likeness (QED) is 0.658. The summed E-state index contributed by atoms with van der Waals surface area (Å²) < 4.78 is 12.7. The fraction of sp³-hybridized carbons (Fsp3) is 0.381. The molecule has 2 aromatic heterocycles. The minimum Gasteiger partial charge on any atom is -0.497 e. The fourth-order valence-corrected chi connectivity index (χ4v) is 3.58. The van der Waals surface area contributed by atoms with Gasteiger partial charge in [-0.2, -0.15) is 5.10 Å². The van der Waals surface area contributed by atoms with Crippen LogP contribution in [-0.2, 0) is 11.3 Å². The van der Waals surface area contributed by atoms with E-state index in [9.17, 15) is 4.79 Å². The number of aryl methyl sites for hydroxylation is 1. The highest BCUT2D eigenvalue weighted by molar-refractivity contribution is 5.95. The summed E-state index contributed by atoms with van der Waals surface area (Å²) in [4.78, 5) is 19.6. The summed E-state index contributed by atoms with van der Waals surface area (Å²) in [6.45, 7) is 3.71. The van der Waals surface area contributed by atoms with Crippen LogP contribution in [0.15, 0.2) is 42.7 Å². The van der Waals surface area contributed by atoms with Gasteiger partial charge in [0.2, 0.25) is 0 Å². The first kappa shape index (κ1) is 18.4. The lowest BCUT2D eigenvalue weighted by molar-refractivity contribution is 0.0506. The molecule has 0 aliphatic carbocycles. The maximum atomic E-state index is 13.4. The van der Waals surface area contributed by atoms with Gasteiger partial charge in [-0.1, -0.05) is 12.1 Å². The third-order valence-corrected chi connectivity index (χ3v) is 5.15. The van der Waals surface area contributed by atoms with Crippen LogP contribution in [0.5, 0.6) is 5.75 Å². The first-order chi connectivity index (χ1) is 13.7. The summed E-state index contributed by atoms with van der Waals surface area (Å²) in [5.74, 6) is 0.735. The van der Waals surface area contributed by atoms with Gasteiger partial charge < -0.3 is 14.4 Å². The van der Waals surface area contributed by atoms with Crippen LogP contribution < -0.4 is 4.74 Å². The number of hydrogen-bond donors (Lipinski definition) is 0. The van der Waals surface area contributed by atoms with Crippen molar-refractivity contribution >= 4 is 11.6 Å². The highest BCUT2D eigenvalue weighted by Crippen LogP contribution is 2.20. The van der Waals surface area contributed by atoms with Gasteiger partial charge in [0.05, 0.1) is 30.7 Å². The van der Waals surface area contributed by atoms with Gasteiger partial charge in [0.15, 0.2) is 5.65 Å². The fourth-order valence-electron chi connectivity index (χ4n) is 3.58. The van der Waals surface area contributed by atoms with E-state index in [1.807, 2.05) is 42.2 Å². The van der Waals surface area contributed by atoms with Gasteiger partial charge in [-0.05, 0) is 37.5 Å². The normalized spacial score (nSPS) is 16.4. The first-order valence-corrected chi connectivity index (χ1v) is 9.49. The third kappa shape index (κ3) is 3.71. The number of ether oxygens (including phenoxy) is 2. The van der Waals surface area contributed by atoms with Crippen molar-refractivity contribution in [2.75, 3.05) is 20.3 Å². The summed E-state index contributed by atoms with van der Waals surface area (Å²) in [6, 6.07) is 9.61. The van der Waals surface area contributed by atoms with Crippen molar-refractivity contribution in [3.63, 3.8) is 0 Å². The smallest absolute Gasteiger partial charge is 0.257 e. The Balaban J connectivity index is 1.62. The monoisotopic (exact) mass is 380 g/mol. The molecule has 28 heavy (non-hydrogen) atoms. The Morgan fingerprint density at radius 1 is 1.32 bits per heavy atom. The molecule has 3 heterocycles. The Hall–Kier alpha value is -2.93. The van der Waals surface area contributed by atoms with Crippen LogP contribution in [0.3, 0.4) is 0 Å². The Morgan fingerprint density at radius 3 is 2.86 bits per heavy atom. The molecule has 7 heteroatoms. The molecule has 1 aromatic carbocycles. The van der Waals surface area contributed by atoms with Gasteiger partial charge in [-0.15, -0.1) is 0 Å². The highest BCUT2D eigenvalue weighted by Gasteiger charge is 2.25. The van der Waals surface area contributed by atoms with Gasteiger partial charge in [-0.3, -0.25) is 4.79 Å². The van der Waals surface area contributed by atoms with Gasteiger partial charge in [0.1, 0.15) is 5.75 Å². The van der Waals surface area contributed by atoms with Crippen molar-refractivity contribution in [3.05, 3.63) is 59.5 Å². The van der Waals surface area contributed by atoms with Crippen LogP contribution in [-0.4, -0.2) is 51.8 Å². The Morgan fingerprint density at radius 2 is 2.14 bits per heavy atom. The van der Waals surface area contributed by atoms with Crippen molar-refractivity contribution in [2.24, 2.45) is 0 Å². The summed E-state index contributed by atoms with van der Waals surface area (Å²) in [7, 11) is 1.64. The van der Waals surface area contributed by atoms with Gasteiger partial charge >= 0.3 is 0 Å². The van der Waals surface area contributed by atoms with E-state index in [1.165, 1.54) is 0 Å². The molecule has 3 aromatic rings. The third-order valence-electron chi connectivity index (χ3n) is 5.15. The molecule has 0 unspecified atom stereocenters. The predicted molar refractivity (Wildman–Crippen MR) is 104 cm³/mol. The molecule has 4 rings (SSSR count). The molecular weight excluding hydrogens is 356 g/mol. The molecule has 7 nitrogen and oxygen atoms in total. The second-order valence-corrected chi connectivity index (χ2v) is 7.03. The lowest BCUT2D eigenvalue weighted by Gasteiger charge is -2.26. The number of nitrogens with zero attached hydrogens (tertiary/aromatic N) is 4. The molecule has 0 N–H and O–H groups in total. The minimum atomic E-state index is -0.0614. The molecule has 1 aliphatic rings. The van der Waals surface area contributed by atoms with Crippen molar-refractivity contribution < 1.29 is 14.3 Å². The average molecular weight is 380 g/mol. The van der Waals surface area contributed by atoms with E-state index < -0.39 is 0 Å². The number of benzene rings is 1. The van der Waals surface area contributed by atoms with E-state index in [1.54, 1.807) is 24.0 Å². The Bertz CT molecular complexity index is 961. The summed E-state index contributed by atoms with van der Waals surface area (Å²) in [5.41, 5.74) is 3.11. The Labute approximate surface area is 163 Å². The average Bonchev–Trinajstić information content (AvgIpc) is 3.40. The number of methoxy groups -OCH3 is 1. The van der Waals surface area contributed by atoms with Crippen LogP contribution >= 0.6 is 0 Å². The molecule has 1 fully saturated rings.